The molecule has 0 atom stereocenters. The van der Waals surface area contributed by atoms with Crippen molar-refractivity contribution >= 4 is 11.9 Å². The normalized spacial score (nSPS) is 16.6. The highest BCUT2D eigenvalue weighted by molar-refractivity contribution is 5.79. The second-order valence-electron chi connectivity index (χ2n) is 6.93. The lowest BCUT2D eigenvalue weighted by Crippen LogP contribution is -2.44. The van der Waals surface area contributed by atoms with Gasteiger partial charge in [0.05, 0.1) is 23.7 Å². The van der Waals surface area contributed by atoms with Crippen molar-refractivity contribution in [1.29, 1.82) is 5.26 Å². The minimum absolute atomic E-state index is 0.0940. The van der Waals surface area contributed by atoms with Crippen LogP contribution in [-0.2, 0) is 24.2 Å². The zero-order valence-electron chi connectivity index (χ0n) is 15.2. The Kier molecular flexibility index (Phi) is 4.99. The number of rotatable bonds is 3. The summed E-state index contributed by atoms with van der Waals surface area (Å²) in [6.07, 6.45) is 2.98. The van der Waals surface area contributed by atoms with E-state index in [1.165, 1.54) is 0 Å². The van der Waals surface area contributed by atoms with Crippen LogP contribution in [0.3, 0.4) is 0 Å². The minimum Gasteiger partial charge on any atom is -0.338 e. The zero-order chi connectivity index (χ0) is 18.6. The summed E-state index contributed by atoms with van der Waals surface area (Å²) in [5.41, 5.74) is 3.62. The van der Waals surface area contributed by atoms with Gasteiger partial charge in [-0.15, -0.1) is 0 Å². The highest BCUT2D eigenvalue weighted by atomic mass is 16.2. The van der Waals surface area contributed by atoms with E-state index in [4.69, 9.17) is 10.2 Å². The molecule has 1 fully saturated rings. The maximum absolute atomic E-state index is 12.7. The van der Waals surface area contributed by atoms with E-state index in [0.717, 1.165) is 55.4 Å². The van der Waals surface area contributed by atoms with Crippen molar-refractivity contribution in [2.24, 2.45) is 0 Å². The first-order valence-corrected chi connectivity index (χ1v) is 9.30. The number of carbonyl (C=O) groups is 1. The number of fused-ring (bicyclic) bond motifs is 1. The smallest absolute Gasteiger partial charge is 0.227 e. The number of nitrogens with one attached hydrogen (secondary N) is 1. The fourth-order valence-electron chi connectivity index (χ4n) is 3.52. The fourth-order valence-corrected chi connectivity index (χ4v) is 3.52. The van der Waals surface area contributed by atoms with Crippen molar-refractivity contribution in [2.75, 3.05) is 37.6 Å². The quantitative estimate of drug-likeness (QED) is 0.873. The van der Waals surface area contributed by atoms with E-state index >= 15 is 0 Å². The van der Waals surface area contributed by atoms with Crippen LogP contribution in [0.25, 0.3) is 0 Å². The molecule has 7 nitrogen and oxygen atoms in total. The monoisotopic (exact) mass is 362 g/mol. The molecule has 1 N–H and O–H groups in total. The van der Waals surface area contributed by atoms with Crippen LogP contribution < -0.4 is 10.2 Å². The Labute approximate surface area is 158 Å². The summed E-state index contributed by atoms with van der Waals surface area (Å²) in [5.74, 6) is 0.893. The fraction of sp³-hybridized carbons (Fsp3) is 0.400. The summed E-state index contributed by atoms with van der Waals surface area (Å²) in [5, 5.41) is 12.2. The van der Waals surface area contributed by atoms with Crippen molar-refractivity contribution in [3.63, 3.8) is 0 Å². The third-order valence-electron chi connectivity index (χ3n) is 5.11. The number of nitrogens with zero attached hydrogens (tertiary/aromatic N) is 5. The van der Waals surface area contributed by atoms with E-state index in [-0.39, 0.29) is 5.91 Å². The summed E-state index contributed by atoms with van der Waals surface area (Å²) in [4.78, 5) is 26.0. The number of aromatic nitrogens is 2. The number of piperazine rings is 1. The first kappa shape index (κ1) is 17.4. The molecule has 0 spiro atoms. The predicted molar refractivity (Wildman–Crippen MR) is 101 cm³/mol. The summed E-state index contributed by atoms with van der Waals surface area (Å²) in [6, 6.07) is 9.28. The van der Waals surface area contributed by atoms with Gasteiger partial charge in [-0.1, -0.05) is 12.1 Å². The third-order valence-corrected chi connectivity index (χ3v) is 5.11. The van der Waals surface area contributed by atoms with Gasteiger partial charge >= 0.3 is 0 Å². The van der Waals surface area contributed by atoms with Crippen LogP contribution >= 0.6 is 0 Å². The molecule has 0 radical (unpaired) electrons. The highest BCUT2D eigenvalue weighted by Crippen LogP contribution is 2.20. The van der Waals surface area contributed by atoms with Crippen molar-refractivity contribution in [2.45, 2.75) is 19.4 Å². The van der Waals surface area contributed by atoms with E-state index in [2.05, 4.69) is 21.3 Å². The van der Waals surface area contributed by atoms with Gasteiger partial charge in [-0.05, 0) is 17.7 Å². The minimum atomic E-state index is 0.0940. The lowest BCUT2D eigenvalue weighted by atomic mass is 10.0. The molecule has 1 aromatic carbocycles. The van der Waals surface area contributed by atoms with Gasteiger partial charge in [0, 0.05) is 57.4 Å². The molecule has 2 aliphatic heterocycles. The van der Waals surface area contributed by atoms with Gasteiger partial charge < -0.3 is 15.1 Å². The van der Waals surface area contributed by atoms with Crippen LogP contribution in [0.15, 0.2) is 30.5 Å². The molecule has 27 heavy (non-hydrogen) atoms. The van der Waals surface area contributed by atoms with Gasteiger partial charge in [-0.25, -0.2) is 9.97 Å². The Morgan fingerprint density at radius 2 is 1.96 bits per heavy atom. The van der Waals surface area contributed by atoms with E-state index in [0.29, 0.717) is 25.1 Å². The molecule has 3 heterocycles. The van der Waals surface area contributed by atoms with Crippen molar-refractivity contribution < 1.29 is 4.79 Å². The lowest BCUT2D eigenvalue weighted by Gasteiger charge is -2.31. The predicted octanol–water partition coefficient (Wildman–Crippen LogP) is 0.885. The average Bonchev–Trinajstić information content (AvgIpc) is 2.74. The zero-order valence-corrected chi connectivity index (χ0v) is 15.2. The summed E-state index contributed by atoms with van der Waals surface area (Å²) in [7, 11) is 0. The van der Waals surface area contributed by atoms with Gasteiger partial charge in [-0.2, -0.15) is 5.26 Å². The molecule has 7 heteroatoms. The van der Waals surface area contributed by atoms with E-state index in [1.807, 2.05) is 23.2 Å². The molecule has 2 aromatic rings. The molecule has 138 valence electrons. The topological polar surface area (TPSA) is 85.2 Å². The SMILES string of the molecule is N#Cc1ccc(CC(=O)N2CCc3nc(N4CCNCC4)ncc3C2)cc1. The Morgan fingerprint density at radius 3 is 2.70 bits per heavy atom. The van der Waals surface area contributed by atoms with Gasteiger partial charge in [0.25, 0.3) is 0 Å². The molecule has 1 amide bonds. The van der Waals surface area contributed by atoms with Crippen molar-refractivity contribution in [1.82, 2.24) is 20.2 Å². The number of hydrogen-bond donors (Lipinski definition) is 1. The molecule has 0 unspecified atom stereocenters. The van der Waals surface area contributed by atoms with Gasteiger partial charge in [0.2, 0.25) is 11.9 Å². The Hall–Kier alpha value is -2.98. The van der Waals surface area contributed by atoms with Gasteiger partial charge in [0.15, 0.2) is 0 Å². The number of benzene rings is 1. The van der Waals surface area contributed by atoms with E-state index in [9.17, 15) is 4.79 Å². The Morgan fingerprint density at radius 1 is 1.19 bits per heavy atom. The molecule has 0 bridgehead atoms. The maximum atomic E-state index is 12.7. The average molecular weight is 362 g/mol. The summed E-state index contributed by atoms with van der Waals surface area (Å²) in [6.45, 7) is 5.00. The molecular weight excluding hydrogens is 340 g/mol. The van der Waals surface area contributed by atoms with Crippen LogP contribution in [-0.4, -0.2) is 53.5 Å². The first-order chi connectivity index (χ1) is 13.2. The van der Waals surface area contributed by atoms with Crippen LogP contribution in [0.4, 0.5) is 5.95 Å². The van der Waals surface area contributed by atoms with Crippen LogP contribution in [0.1, 0.15) is 22.4 Å². The van der Waals surface area contributed by atoms with Crippen LogP contribution in [0, 0.1) is 11.3 Å². The molecule has 0 aliphatic carbocycles. The molecular formula is C20H22N6O. The van der Waals surface area contributed by atoms with Crippen LogP contribution in [0.5, 0.6) is 0 Å². The molecule has 0 saturated carbocycles. The maximum Gasteiger partial charge on any atom is 0.227 e. The van der Waals surface area contributed by atoms with E-state index in [1.54, 1.807) is 12.1 Å². The molecule has 1 aromatic heterocycles. The Bertz CT molecular complexity index is 867. The van der Waals surface area contributed by atoms with Crippen molar-refractivity contribution in [3.05, 3.63) is 52.8 Å². The van der Waals surface area contributed by atoms with Gasteiger partial charge in [0.1, 0.15) is 0 Å². The standard InChI is InChI=1S/C20H22N6O/c21-12-16-3-1-15(2-4-16)11-19(27)26-8-5-18-17(14-26)13-23-20(24-18)25-9-6-22-7-10-25/h1-4,13,22H,5-11,14H2. The highest BCUT2D eigenvalue weighted by Gasteiger charge is 2.23. The molecule has 1 saturated heterocycles. The third kappa shape index (κ3) is 3.91. The van der Waals surface area contributed by atoms with Crippen molar-refractivity contribution in [3.8, 4) is 6.07 Å². The largest absolute Gasteiger partial charge is 0.338 e. The number of hydrogen-bond acceptors (Lipinski definition) is 6. The summed E-state index contributed by atoms with van der Waals surface area (Å²) >= 11 is 0. The second-order valence-corrected chi connectivity index (χ2v) is 6.93. The van der Waals surface area contributed by atoms with E-state index < -0.39 is 0 Å². The molecule has 4 rings (SSSR count). The number of carbonyl (C=O) groups excluding carboxylic acids is 1. The lowest BCUT2D eigenvalue weighted by molar-refractivity contribution is -0.131. The first-order valence-electron chi connectivity index (χ1n) is 9.30. The number of anilines is 1. The number of nitriles is 1. The Balaban J connectivity index is 1.41. The number of amides is 1. The second kappa shape index (κ2) is 7.72. The summed E-state index contributed by atoms with van der Waals surface area (Å²) < 4.78 is 0. The van der Waals surface area contributed by atoms with Gasteiger partial charge in [-0.3, -0.25) is 4.79 Å². The molecule has 2 aliphatic rings. The van der Waals surface area contributed by atoms with Crippen LogP contribution in [0.2, 0.25) is 0 Å².